The predicted molar refractivity (Wildman–Crippen MR) is 110 cm³/mol. The van der Waals surface area contributed by atoms with Crippen LogP contribution in [0.4, 0.5) is 24.5 Å². The van der Waals surface area contributed by atoms with Crippen molar-refractivity contribution >= 4 is 22.4 Å². The van der Waals surface area contributed by atoms with E-state index in [0.717, 1.165) is 11.8 Å². The van der Waals surface area contributed by atoms with E-state index in [1.165, 1.54) is 6.07 Å². The Balaban J connectivity index is 1.47. The predicted octanol–water partition coefficient (Wildman–Crippen LogP) is 5.86. The SMILES string of the molecule is C=C(Nc1ccc(C2CCC(F)(F)CC2)c(C#N)c1)Nc1c[nH]c2ncc(F)cc12. The molecular weight excluding hydrogens is 391 g/mol. The number of nitrogens with zero attached hydrogens (tertiary/aromatic N) is 2. The second kappa shape index (κ2) is 7.75. The summed E-state index contributed by atoms with van der Waals surface area (Å²) in [6.45, 7) is 3.92. The number of hydrogen-bond donors (Lipinski definition) is 3. The van der Waals surface area contributed by atoms with E-state index in [9.17, 15) is 18.4 Å². The normalized spacial score (nSPS) is 16.2. The van der Waals surface area contributed by atoms with Crippen LogP contribution in [0.15, 0.2) is 49.1 Å². The topological polar surface area (TPSA) is 76.5 Å². The monoisotopic (exact) mass is 411 g/mol. The second-order valence-electron chi connectivity index (χ2n) is 7.52. The lowest BCUT2D eigenvalue weighted by molar-refractivity contribution is -0.0382. The summed E-state index contributed by atoms with van der Waals surface area (Å²) in [5, 5.41) is 16.3. The van der Waals surface area contributed by atoms with Crippen molar-refractivity contribution in [1.82, 2.24) is 9.97 Å². The van der Waals surface area contributed by atoms with Gasteiger partial charge in [0.1, 0.15) is 17.3 Å². The van der Waals surface area contributed by atoms with E-state index in [1.54, 1.807) is 18.3 Å². The fourth-order valence-corrected chi connectivity index (χ4v) is 3.89. The first kappa shape index (κ1) is 19.8. The first-order valence-electron chi connectivity index (χ1n) is 9.62. The molecule has 30 heavy (non-hydrogen) atoms. The van der Waals surface area contributed by atoms with Crippen LogP contribution in [0.3, 0.4) is 0 Å². The van der Waals surface area contributed by atoms with Crippen LogP contribution in [0, 0.1) is 17.1 Å². The van der Waals surface area contributed by atoms with Crippen LogP contribution in [-0.4, -0.2) is 15.9 Å². The molecule has 0 unspecified atom stereocenters. The molecule has 2 heterocycles. The van der Waals surface area contributed by atoms with Gasteiger partial charge in [-0.2, -0.15) is 5.26 Å². The lowest BCUT2D eigenvalue weighted by Crippen LogP contribution is -2.24. The van der Waals surface area contributed by atoms with Gasteiger partial charge in [-0.15, -0.1) is 0 Å². The molecule has 0 amide bonds. The number of anilines is 2. The van der Waals surface area contributed by atoms with E-state index < -0.39 is 11.7 Å². The molecule has 1 aliphatic carbocycles. The van der Waals surface area contributed by atoms with E-state index in [4.69, 9.17) is 0 Å². The van der Waals surface area contributed by atoms with Crippen molar-refractivity contribution in [2.45, 2.75) is 37.5 Å². The first-order chi connectivity index (χ1) is 14.3. The number of halogens is 3. The molecule has 0 aliphatic heterocycles. The fraction of sp³-hybridized carbons (Fsp3) is 0.273. The Bertz CT molecular complexity index is 1140. The van der Waals surface area contributed by atoms with Crippen molar-refractivity contribution in [1.29, 1.82) is 5.26 Å². The summed E-state index contributed by atoms with van der Waals surface area (Å²) in [5.41, 5.74) is 3.05. The van der Waals surface area contributed by atoms with Gasteiger partial charge in [0.25, 0.3) is 0 Å². The van der Waals surface area contributed by atoms with Crippen LogP contribution in [0.5, 0.6) is 0 Å². The van der Waals surface area contributed by atoms with Crippen LogP contribution >= 0.6 is 0 Å². The Labute approximate surface area is 171 Å². The number of nitrogens with one attached hydrogen (secondary N) is 3. The van der Waals surface area contributed by atoms with Crippen molar-refractivity contribution < 1.29 is 13.2 Å². The van der Waals surface area contributed by atoms with Gasteiger partial charge in [0, 0.05) is 30.1 Å². The van der Waals surface area contributed by atoms with Crippen LogP contribution in [0.25, 0.3) is 11.0 Å². The van der Waals surface area contributed by atoms with E-state index in [-0.39, 0.29) is 18.8 Å². The molecule has 8 heteroatoms. The van der Waals surface area contributed by atoms with E-state index in [2.05, 4.69) is 33.2 Å². The molecule has 3 aromatic rings. The minimum Gasteiger partial charge on any atom is -0.344 e. The Kier molecular flexibility index (Phi) is 5.12. The standard InChI is InChI=1S/C22H20F3N5/c1-13(30-20-12-28-21-19(20)9-16(23)11-27-21)29-17-2-3-18(15(8-17)10-26)14-4-6-22(24,25)7-5-14/h2-3,8-9,11-12,14,29-30H,1,4-7H2,(H,27,28). The summed E-state index contributed by atoms with van der Waals surface area (Å²) in [4.78, 5) is 6.92. The number of nitriles is 1. The van der Waals surface area contributed by atoms with Crippen LogP contribution in [0.2, 0.25) is 0 Å². The largest absolute Gasteiger partial charge is 0.344 e. The van der Waals surface area contributed by atoms with E-state index in [0.29, 0.717) is 46.6 Å². The van der Waals surface area contributed by atoms with Gasteiger partial charge >= 0.3 is 0 Å². The number of hydrogen-bond acceptors (Lipinski definition) is 4. The van der Waals surface area contributed by atoms with Gasteiger partial charge in [-0.1, -0.05) is 12.6 Å². The molecule has 0 saturated heterocycles. The lowest BCUT2D eigenvalue weighted by atomic mass is 9.80. The third kappa shape index (κ3) is 4.10. The zero-order valence-corrected chi connectivity index (χ0v) is 16.1. The van der Waals surface area contributed by atoms with Gasteiger partial charge in [-0.05, 0) is 42.5 Å². The Morgan fingerprint density at radius 2 is 2.00 bits per heavy atom. The second-order valence-corrected chi connectivity index (χ2v) is 7.52. The third-order valence-corrected chi connectivity index (χ3v) is 5.41. The molecule has 1 aliphatic rings. The van der Waals surface area contributed by atoms with Gasteiger partial charge in [0.2, 0.25) is 5.92 Å². The molecule has 1 aromatic carbocycles. The fourth-order valence-electron chi connectivity index (χ4n) is 3.89. The summed E-state index contributed by atoms with van der Waals surface area (Å²) in [6, 6.07) is 8.83. The average Bonchev–Trinajstić information content (AvgIpc) is 3.10. The molecule has 0 atom stereocenters. The number of alkyl halides is 2. The molecule has 0 spiro atoms. The van der Waals surface area contributed by atoms with Crippen LogP contribution in [-0.2, 0) is 0 Å². The first-order valence-corrected chi connectivity index (χ1v) is 9.62. The summed E-state index contributed by atoms with van der Waals surface area (Å²) >= 11 is 0. The maximum atomic E-state index is 13.5. The van der Waals surface area contributed by atoms with E-state index in [1.807, 2.05) is 6.07 Å². The molecule has 1 saturated carbocycles. The molecule has 0 radical (unpaired) electrons. The number of aromatic amines is 1. The van der Waals surface area contributed by atoms with Crippen molar-refractivity contribution in [3.05, 3.63) is 66.0 Å². The summed E-state index contributed by atoms with van der Waals surface area (Å²) < 4.78 is 40.4. The number of H-pyrrole nitrogens is 1. The number of rotatable bonds is 5. The molecular formula is C22H20F3N5. The molecule has 5 nitrogen and oxygen atoms in total. The minimum absolute atomic E-state index is 0.0386. The maximum Gasteiger partial charge on any atom is 0.248 e. The van der Waals surface area contributed by atoms with Gasteiger partial charge in [0.05, 0.1) is 23.5 Å². The summed E-state index contributed by atoms with van der Waals surface area (Å²) in [6.07, 6.45) is 3.23. The van der Waals surface area contributed by atoms with Crippen LogP contribution < -0.4 is 10.6 Å². The van der Waals surface area contributed by atoms with Crippen molar-refractivity contribution in [3.63, 3.8) is 0 Å². The number of benzene rings is 1. The van der Waals surface area contributed by atoms with E-state index >= 15 is 0 Å². The zero-order chi connectivity index (χ0) is 21.3. The average molecular weight is 411 g/mol. The smallest absolute Gasteiger partial charge is 0.248 e. The molecule has 2 aromatic heterocycles. The zero-order valence-electron chi connectivity index (χ0n) is 16.1. The highest BCUT2D eigenvalue weighted by atomic mass is 19.3. The van der Waals surface area contributed by atoms with Crippen molar-refractivity contribution in [2.24, 2.45) is 0 Å². The summed E-state index contributed by atoms with van der Waals surface area (Å²) in [7, 11) is 0. The summed E-state index contributed by atoms with van der Waals surface area (Å²) in [5.74, 6) is -2.66. The Hall–Kier alpha value is -3.47. The van der Waals surface area contributed by atoms with Crippen molar-refractivity contribution in [3.8, 4) is 6.07 Å². The maximum absolute atomic E-state index is 13.5. The highest BCUT2D eigenvalue weighted by Gasteiger charge is 2.35. The number of fused-ring (bicyclic) bond motifs is 1. The minimum atomic E-state index is -2.60. The van der Waals surface area contributed by atoms with Gasteiger partial charge < -0.3 is 15.6 Å². The van der Waals surface area contributed by atoms with Crippen molar-refractivity contribution in [2.75, 3.05) is 10.6 Å². The molecule has 3 N–H and O–H groups in total. The Morgan fingerprint density at radius 3 is 2.73 bits per heavy atom. The Morgan fingerprint density at radius 1 is 1.23 bits per heavy atom. The molecule has 1 fully saturated rings. The lowest BCUT2D eigenvalue weighted by Gasteiger charge is -2.29. The molecule has 0 bridgehead atoms. The number of pyridine rings is 1. The third-order valence-electron chi connectivity index (χ3n) is 5.41. The molecule has 154 valence electrons. The van der Waals surface area contributed by atoms with Gasteiger partial charge in [-0.25, -0.2) is 18.2 Å². The van der Waals surface area contributed by atoms with Gasteiger partial charge in [0.15, 0.2) is 0 Å². The highest BCUT2D eigenvalue weighted by Crippen LogP contribution is 2.42. The highest BCUT2D eigenvalue weighted by molar-refractivity contribution is 5.90. The molecule has 4 rings (SSSR count). The number of aromatic nitrogens is 2. The quantitative estimate of drug-likeness (QED) is 0.491. The van der Waals surface area contributed by atoms with Gasteiger partial charge in [-0.3, -0.25) is 0 Å². The van der Waals surface area contributed by atoms with Crippen LogP contribution in [0.1, 0.15) is 42.7 Å².